The molecule has 27 heavy (non-hydrogen) atoms. The second kappa shape index (κ2) is 7.05. The van der Waals surface area contributed by atoms with Gasteiger partial charge in [-0.25, -0.2) is 8.42 Å². The fourth-order valence-corrected chi connectivity index (χ4v) is 4.81. The number of halogens is 4. The standard InChI is InChI=1S/C17H14ClF3N2O3S/c18-13-6-5-12(16(24)22-10-17(19,20)21)9-15(13)27(25,26)23-8-7-11-3-1-2-4-14(11)23/h1-6,9H,7-8,10H2,(H,22,24). The molecule has 3 rings (SSSR count). The van der Waals surface area contributed by atoms with E-state index in [0.29, 0.717) is 12.1 Å². The number of anilines is 1. The van der Waals surface area contributed by atoms with Crippen LogP contribution in [0.2, 0.25) is 5.02 Å². The van der Waals surface area contributed by atoms with Crippen molar-refractivity contribution >= 4 is 33.2 Å². The number of amides is 1. The average Bonchev–Trinajstić information content (AvgIpc) is 3.04. The predicted molar refractivity (Wildman–Crippen MR) is 94.5 cm³/mol. The van der Waals surface area contributed by atoms with Gasteiger partial charge in [0.1, 0.15) is 11.4 Å². The lowest BCUT2D eigenvalue weighted by Crippen LogP contribution is -2.34. The summed E-state index contributed by atoms with van der Waals surface area (Å²) in [7, 11) is -4.08. The first-order chi connectivity index (χ1) is 12.6. The highest BCUT2D eigenvalue weighted by atomic mass is 35.5. The average molecular weight is 419 g/mol. The van der Waals surface area contributed by atoms with Gasteiger partial charge in [0.05, 0.1) is 10.7 Å². The van der Waals surface area contributed by atoms with Crippen LogP contribution in [0.15, 0.2) is 47.4 Å². The van der Waals surface area contributed by atoms with Crippen LogP contribution in [0.5, 0.6) is 0 Å². The number of para-hydroxylation sites is 1. The molecule has 1 heterocycles. The lowest BCUT2D eigenvalue weighted by Gasteiger charge is -2.20. The first-order valence-electron chi connectivity index (χ1n) is 7.85. The first kappa shape index (κ1) is 19.5. The van der Waals surface area contributed by atoms with Crippen molar-refractivity contribution in [2.45, 2.75) is 17.5 Å². The molecule has 0 aromatic heterocycles. The number of benzene rings is 2. The van der Waals surface area contributed by atoms with Gasteiger partial charge in [-0.3, -0.25) is 9.10 Å². The Morgan fingerprint density at radius 2 is 1.89 bits per heavy atom. The number of sulfonamides is 1. The molecule has 5 nitrogen and oxygen atoms in total. The summed E-state index contributed by atoms with van der Waals surface area (Å²) in [6.45, 7) is -1.31. The Balaban J connectivity index is 1.94. The SMILES string of the molecule is O=C(NCC(F)(F)F)c1ccc(Cl)c(S(=O)(=O)N2CCc3ccccc32)c1. The number of nitrogens with zero attached hydrogens (tertiary/aromatic N) is 1. The number of fused-ring (bicyclic) bond motifs is 1. The number of carbonyl (C=O) groups excluding carboxylic acids is 1. The molecule has 0 saturated heterocycles. The van der Waals surface area contributed by atoms with E-state index in [0.717, 1.165) is 11.6 Å². The quantitative estimate of drug-likeness (QED) is 0.827. The molecule has 10 heteroatoms. The Labute approximate surface area is 158 Å². The minimum atomic E-state index is -4.57. The van der Waals surface area contributed by atoms with Crippen molar-refractivity contribution in [3.8, 4) is 0 Å². The third kappa shape index (κ3) is 4.03. The van der Waals surface area contributed by atoms with Gasteiger partial charge in [-0.15, -0.1) is 0 Å². The zero-order valence-electron chi connectivity index (χ0n) is 13.8. The van der Waals surface area contributed by atoms with Crippen molar-refractivity contribution in [1.29, 1.82) is 0 Å². The van der Waals surface area contributed by atoms with Crippen LogP contribution < -0.4 is 9.62 Å². The maximum atomic E-state index is 13.0. The van der Waals surface area contributed by atoms with E-state index in [9.17, 15) is 26.4 Å². The lowest BCUT2D eigenvalue weighted by molar-refractivity contribution is -0.123. The number of alkyl halides is 3. The minimum Gasteiger partial charge on any atom is -0.343 e. The monoisotopic (exact) mass is 418 g/mol. The number of rotatable bonds is 4. The molecule has 0 aliphatic carbocycles. The Bertz CT molecular complexity index is 993. The summed E-state index contributed by atoms with van der Waals surface area (Å²) in [5.74, 6) is -1.04. The zero-order chi connectivity index (χ0) is 19.8. The fraction of sp³-hybridized carbons (Fsp3) is 0.235. The third-order valence-corrected chi connectivity index (χ3v) is 6.35. The van der Waals surface area contributed by atoms with Crippen molar-refractivity contribution in [2.75, 3.05) is 17.4 Å². The van der Waals surface area contributed by atoms with Gasteiger partial charge >= 0.3 is 6.18 Å². The Kier molecular flexibility index (Phi) is 5.09. The number of hydrogen-bond acceptors (Lipinski definition) is 3. The molecule has 0 radical (unpaired) electrons. The molecule has 0 unspecified atom stereocenters. The summed E-state index contributed by atoms with van der Waals surface area (Å²) in [6.07, 6.45) is -4.05. The maximum absolute atomic E-state index is 13.0. The molecule has 2 aromatic carbocycles. The van der Waals surface area contributed by atoms with E-state index in [1.165, 1.54) is 16.4 Å². The maximum Gasteiger partial charge on any atom is 0.405 e. The first-order valence-corrected chi connectivity index (χ1v) is 9.66. The van der Waals surface area contributed by atoms with Gasteiger partial charge < -0.3 is 5.32 Å². The Hall–Kier alpha value is -2.26. The van der Waals surface area contributed by atoms with Crippen molar-refractivity contribution in [3.63, 3.8) is 0 Å². The van der Waals surface area contributed by atoms with Gasteiger partial charge in [0, 0.05) is 12.1 Å². The van der Waals surface area contributed by atoms with Crippen molar-refractivity contribution in [2.24, 2.45) is 0 Å². The van der Waals surface area contributed by atoms with Crippen LogP contribution in [0, 0.1) is 0 Å². The van der Waals surface area contributed by atoms with Gasteiger partial charge in [-0.2, -0.15) is 13.2 Å². The van der Waals surface area contributed by atoms with Crippen LogP contribution in [0.25, 0.3) is 0 Å². The van der Waals surface area contributed by atoms with E-state index in [-0.39, 0.29) is 22.0 Å². The van der Waals surface area contributed by atoms with E-state index in [2.05, 4.69) is 0 Å². The predicted octanol–water partition coefficient (Wildman–Crippen LogP) is 3.38. The van der Waals surface area contributed by atoms with Crippen molar-refractivity contribution in [1.82, 2.24) is 5.32 Å². The van der Waals surface area contributed by atoms with Gasteiger partial charge in [-0.1, -0.05) is 29.8 Å². The molecule has 0 saturated carbocycles. The van der Waals surface area contributed by atoms with Crippen LogP contribution >= 0.6 is 11.6 Å². The zero-order valence-corrected chi connectivity index (χ0v) is 15.3. The van der Waals surface area contributed by atoms with Crippen molar-refractivity contribution < 1.29 is 26.4 Å². The molecule has 1 N–H and O–H groups in total. The number of carbonyl (C=O) groups is 1. The molecule has 0 atom stereocenters. The normalized spacial score (nSPS) is 14.1. The molecular formula is C17H14ClF3N2O3S. The van der Waals surface area contributed by atoms with Gasteiger partial charge in [0.15, 0.2) is 0 Å². The fourth-order valence-electron chi connectivity index (χ4n) is 2.80. The summed E-state index contributed by atoms with van der Waals surface area (Å²) in [5, 5.41) is 1.59. The lowest BCUT2D eigenvalue weighted by atomic mass is 10.2. The number of nitrogens with one attached hydrogen (secondary N) is 1. The summed E-state index contributed by atoms with van der Waals surface area (Å²) in [5.41, 5.74) is 1.14. The molecule has 1 amide bonds. The molecule has 0 bridgehead atoms. The van der Waals surface area contributed by atoms with Gasteiger partial charge in [-0.05, 0) is 36.2 Å². The largest absolute Gasteiger partial charge is 0.405 e. The topological polar surface area (TPSA) is 66.5 Å². The summed E-state index contributed by atoms with van der Waals surface area (Å²) in [4.78, 5) is 11.6. The van der Waals surface area contributed by atoms with E-state index in [1.807, 2.05) is 6.07 Å². The van der Waals surface area contributed by atoms with Crippen LogP contribution in [-0.2, 0) is 16.4 Å². The highest BCUT2D eigenvalue weighted by Crippen LogP contribution is 2.35. The van der Waals surface area contributed by atoms with E-state index in [4.69, 9.17) is 11.6 Å². The van der Waals surface area contributed by atoms with E-state index in [1.54, 1.807) is 23.5 Å². The third-order valence-electron chi connectivity index (χ3n) is 4.06. The summed E-state index contributed by atoms with van der Waals surface area (Å²) >= 11 is 6.02. The van der Waals surface area contributed by atoms with E-state index < -0.39 is 28.7 Å². The second-order valence-electron chi connectivity index (χ2n) is 5.90. The van der Waals surface area contributed by atoms with E-state index >= 15 is 0 Å². The molecule has 144 valence electrons. The smallest absolute Gasteiger partial charge is 0.343 e. The van der Waals surface area contributed by atoms with Crippen LogP contribution in [-0.4, -0.2) is 33.6 Å². The van der Waals surface area contributed by atoms with Crippen LogP contribution in [0.4, 0.5) is 18.9 Å². The number of hydrogen-bond donors (Lipinski definition) is 1. The summed E-state index contributed by atoms with van der Waals surface area (Å²) < 4.78 is 64.1. The molecule has 1 aliphatic rings. The molecular weight excluding hydrogens is 405 g/mol. The summed E-state index contributed by atoms with van der Waals surface area (Å²) in [6, 6.07) is 10.3. The molecule has 2 aromatic rings. The second-order valence-corrected chi connectivity index (χ2v) is 8.14. The highest BCUT2D eigenvalue weighted by molar-refractivity contribution is 7.93. The van der Waals surface area contributed by atoms with Crippen molar-refractivity contribution in [3.05, 3.63) is 58.6 Å². The van der Waals surface area contributed by atoms with Crippen LogP contribution in [0.3, 0.4) is 0 Å². The Morgan fingerprint density at radius 3 is 2.59 bits per heavy atom. The highest BCUT2D eigenvalue weighted by Gasteiger charge is 2.33. The van der Waals surface area contributed by atoms with Gasteiger partial charge in [0.25, 0.3) is 15.9 Å². The van der Waals surface area contributed by atoms with Crippen LogP contribution in [0.1, 0.15) is 15.9 Å². The molecule has 0 spiro atoms. The molecule has 1 aliphatic heterocycles. The minimum absolute atomic E-state index is 0.119. The van der Waals surface area contributed by atoms with Gasteiger partial charge in [0.2, 0.25) is 0 Å². The molecule has 0 fully saturated rings. The Morgan fingerprint density at radius 1 is 1.19 bits per heavy atom.